The Labute approximate surface area is 181 Å². The maximum Gasteiger partial charge on any atom is 0.310 e. The van der Waals surface area contributed by atoms with Gasteiger partial charge in [-0.1, -0.05) is 43.0 Å². The van der Waals surface area contributed by atoms with Gasteiger partial charge in [0.2, 0.25) is 0 Å². The highest BCUT2D eigenvalue weighted by Crippen LogP contribution is 2.60. The van der Waals surface area contributed by atoms with Gasteiger partial charge in [0, 0.05) is 5.56 Å². The summed E-state index contributed by atoms with van der Waals surface area (Å²) >= 11 is 11.4. The van der Waals surface area contributed by atoms with E-state index in [-0.39, 0.29) is 27.7 Å². The van der Waals surface area contributed by atoms with E-state index in [2.05, 4.69) is 11.8 Å². The summed E-state index contributed by atoms with van der Waals surface area (Å²) in [5, 5.41) is 0. The molecular weight excluding hydrogens is 414 g/mol. The van der Waals surface area contributed by atoms with Crippen molar-refractivity contribution in [3.05, 3.63) is 52.3 Å². The van der Waals surface area contributed by atoms with E-state index >= 15 is 0 Å². The van der Waals surface area contributed by atoms with E-state index in [0.717, 1.165) is 5.75 Å². The van der Waals surface area contributed by atoms with Crippen LogP contribution in [-0.4, -0.2) is 19.7 Å². The van der Waals surface area contributed by atoms with Gasteiger partial charge in [0.15, 0.2) is 5.83 Å². The molecule has 0 bridgehead atoms. The summed E-state index contributed by atoms with van der Waals surface area (Å²) in [4.78, 5) is 12.2. The van der Waals surface area contributed by atoms with Gasteiger partial charge in [-0.2, -0.15) is 4.39 Å². The Morgan fingerprint density at radius 3 is 2.55 bits per heavy atom. The van der Waals surface area contributed by atoms with Crippen LogP contribution in [0.1, 0.15) is 38.7 Å². The Morgan fingerprint density at radius 1 is 1.24 bits per heavy atom. The number of esters is 1. The van der Waals surface area contributed by atoms with Crippen LogP contribution in [0, 0.1) is 29.1 Å². The zero-order chi connectivity index (χ0) is 21.4. The molecule has 3 nitrogen and oxygen atoms in total. The number of hydrogen-bond acceptors (Lipinski definition) is 3. The molecule has 29 heavy (non-hydrogen) atoms. The fraction of sp³-hybridized carbons (Fsp3) is 0.435. The van der Waals surface area contributed by atoms with Crippen molar-refractivity contribution in [2.45, 2.75) is 33.1 Å². The molecule has 1 aromatic carbocycles. The van der Waals surface area contributed by atoms with Crippen molar-refractivity contribution >= 4 is 29.2 Å². The topological polar surface area (TPSA) is 35.5 Å². The Bertz CT molecular complexity index is 828. The van der Waals surface area contributed by atoms with Gasteiger partial charge in [-0.25, -0.2) is 0 Å². The van der Waals surface area contributed by atoms with Crippen LogP contribution < -0.4 is 4.74 Å². The number of halogens is 3. The number of allylic oxidation sites excluding steroid dienone is 3. The van der Waals surface area contributed by atoms with Gasteiger partial charge in [0.05, 0.1) is 19.6 Å². The summed E-state index contributed by atoms with van der Waals surface area (Å²) < 4.78 is 24.3. The second-order valence-electron chi connectivity index (χ2n) is 7.47. The number of rotatable bonds is 8. The molecule has 0 amide bonds. The van der Waals surface area contributed by atoms with E-state index in [0.29, 0.717) is 31.4 Å². The van der Waals surface area contributed by atoms with Gasteiger partial charge in [0.1, 0.15) is 10.2 Å². The minimum atomic E-state index is -0.467. The summed E-state index contributed by atoms with van der Waals surface area (Å²) in [5.74, 6) is 5.06. The highest BCUT2D eigenvalue weighted by atomic mass is 35.5. The molecule has 0 heterocycles. The summed E-state index contributed by atoms with van der Waals surface area (Å²) in [5.41, 5.74) is 0.522. The van der Waals surface area contributed by atoms with Crippen molar-refractivity contribution in [3.8, 4) is 17.6 Å². The first-order chi connectivity index (χ1) is 13.8. The molecule has 1 saturated carbocycles. The maximum atomic E-state index is 13.8. The number of methoxy groups -OCH3 is 1. The van der Waals surface area contributed by atoms with Crippen molar-refractivity contribution < 1.29 is 18.7 Å². The third-order valence-electron chi connectivity index (χ3n) is 5.05. The van der Waals surface area contributed by atoms with Crippen molar-refractivity contribution in [1.29, 1.82) is 0 Å². The first-order valence-corrected chi connectivity index (χ1v) is 10.2. The van der Waals surface area contributed by atoms with E-state index in [4.69, 9.17) is 32.7 Å². The molecule has 1 aliphatic carbocycles. The van der Waals surface area contributed by atoms with Crippen LogP contribution in [0.15, 0.2) is 46.7 Å². The standard InChI is InChI=1S/C23H25Cl2FO3/c1-23(2)19(15-20(24)25)21(23)22(27)29-14-6-4-5-7-17(26)11-8-16-9-12-18(28-3)13-10-16/h7,9-10,12-13,15,19,21H,4-6,14H2,1-3H3/b17-7+/t19-,21-/m0/s1. The van der Waals surface area contributed by atoms with E-state index < -0.39 is 5.83 Å². The maximum absolute atomic E-state index is 13.8. The van der Waals surface area contributed by atoms with Gasteiger partial charge < -0.3 is 9.47 Å². The summed E-state index contributed by atoms with van der Waals surface area (Å²) in [7, 11) is 1.59. The molecule has 0 radical (unpaired) electrons. The fourth-order valence-corrected chi connectivity index (χ4v) is 3.44. The monoisotopic (exact) mass is 438 g/mol. The second kappa shape index (κ2) is 10.7. The first kappa shape index (κ1) is 23.3. The predicted octanol–water partition coefficient (Wildman–Crippen LogP) is 6.20. The van der Waals surface area contributed by atoms with Gasteiger partial charge in [0.25, 0.3) is 0 Å². The molecule has 0 aliphatic heterocycles. The zero-order valence-electron chi connectivity index (χ0n) is 16.8. The van der Waals surface area contributed by atoms with Crippen LogP contribution in [-0.2, 0) is 9.53 Å². The molecule has 6 heteroatoms. The largest absolute Gasteiger partial charge is 0.497 e. The Hall–Kier alpha value is -1.96. The van der Waals surface area contributed by atoms with Gasteiger partial charge in [-0.15, -0.1) is 0 Å². The zero-order valence-corrected chi connectivity index (χ0v) is 18.3. The van der Waals surface area contributed by atoms with Crippen LogP contribution in [0.4, 0.5) is 4.39 Å². The fourth-order valence-electron chi connectivity index (χ4n) is 3.17. The summed E-state index contributed by atoms with van der Waals surface area (Å²) in [6, 6.07) is 7.10. The third-order valence-corrected chi connectivity index (χ3v) is 5.30. The van der Waals surface area contributed by atoms with Gasteiger partial charge >= 0.3 is 5.97 Å². The lowest BCUT2D eigenvalue weighted by Gasteiger charge is -2.05. The lowest BCUT2D eigenvalue weighted by molar-refractivity contribution is -0.146. The van der Waals surface area contributed by atoms with Crippen molar-refractivity contribution in [3.63, 3.8) is 0 Å². The smallest absolute Gasteiger partial charge is 0.310 e. The van der Waals surface area contributed by atoms with E-state index in [1.54, 1.807) is 37.5 Å². The van der Waals surface area contributed by atoms with Crippen LogP contribution in [0.25, 0.3) is 0 Å². The number of carbonyl (C=O) groups excluding carboxylic acids is 1. The quantitative estimate of drug-likeness (QED) is 0.275. The van der Waals surface area contributed by atoms with Crippen LogP contribution in [0.5, 0.6) is 5.75 Å². The molecule has 2 atom stereocenters. The Balaban J connectivity index is 1.67. The second-order valence-corrected chi connectivity index (χ2v) is 8.48. The molecular formula is C23H25Cl2FO3. The summed E-state index contributed by atoms with van der Waals surface area (Å²) in [6.07, 6.45) is 5.03. The molecule has 1 aliphatic rings. The van der Waals surface area contributed by atoms with Crippen LogP contribution in [0.2, 0.25) is 0 Å². The van der Waals surface area contributed by atoms with Gasteiger partial charge in [-0.3, -0.25) is 4.79 Å². The molecule has 156 valence electrons. The average Bonchev–Trinajstić information content (AvgIpc) is 3.22. The molecule has 1 fully saturated rings. The predicted molar refractivity (Wildman–Crippen MR) is 114 cm³/mol. The average molecular weight is 439 g/mol. The molecule has 0 N–H and O–H groups in total. The molecule has 0 unspecified atom stereocenters. The molecule has 0 saturated heterocycles. The number of unbranched alkanes of at least 4 members (excludes halogenated alkanes) is 2. The van der Waals surface area contributed by atoms with Crippen molar-refractivity contribution in [2.75, 3.05) is 13.7 Å². The van der Waals surface area contributed by atoms with Crippen molar-refractivity contribution in [2.24, 2.45) is 17.3 Å². The lowest BCUT2D eigenvalue weighted by Crippen LogP contribution is -2.11. The molecule has 0 spiro atoms. The van der Waals surface area contributed by atoms with Gasteiger partial charge in [-0.05, 0) is 72.9 Å². The first-order valence-electron chi connectivity index (χ1n) is 9.47. The van der Waals surface area contributed by atoms with Crippen LogP contribution >= 0.6 is 23.2 Å². The highest BCUT2D eigenvalue weighted by Gasteiger charge is 2.61. The minimum Gasteiger partial charge on any atom is -0.497 e. The Kier molecular flexibility index (Phi) is 8.61. The highest BCUT2D eigenvalue weighted by molar-refractivity contribution is 6.55. The molecule has 1 aromatic rings. The van der Waals surface area contributed by atoms with E-state index in [1.807, 2.05) is 13.8 Å². The number of ether oxygens (including phenoxy) is 2. The van der Waals surface area contributed by atoms with E-state index in [1.165, 1.54) is 6.08 Å². The lowest BCUT2D eigenvalue weighted by atomic mass is 10.1. The normalized spacial score (nSPS) is 19.6. The third kappa shape index (κ3) is 7.10. The minimum absolute atomic E-state index is 0.00121. The summed E-state index contributed by atoms with van der Waals surface area (Å²) in [6.45, 7) is 4.28. The van der Waals surface area contributed by atoms with E-state index in [9.17, 15) is 9.18 Å². The molecule has 2 rings (SSSR count). The van der Waals surface area contributed by atoms with Crippen LogP contribution in [0.3, 0.4) is 0 Å². The number of hydrogen-bond donors (Lipinski definition) is 0. The molecule has 0 aromatic heterocycles. The Morgan fingerprint density at radius 2 is 1.93 bits per heavy atom. The van der Waals surface area contributed by atoms with Crippen molar-refractivity contribution in [1.82, 2.24) is 0 Å². The number of benzene rings is 1. The SMILES string of the molecule is COc1ccc(C#C/C(F)=C\CCCCOC(=O)[C@@H]2[C@H](C=C(Cl)Cl)C2(C)C)cc1. The number of carbonyl (C=O) groups is 1.